The highest BCUT2D eigenvalue weighted by atomic mass is 16.2. The van der Waals surface area contributed by atoms with E-state index < -0.39 is 0 Å². The zero-order chi connectivity index (χ0) is 13.5. The fraction of sp³-hybridized carbons (Fsp3) is 0.533. The molecule has 0 fully saturated rings. The van der Waals surface area contributed by atoms with Crippen molar-refractivity contribution in [2.75, 3.05) is 13.1 Å². The second-order valence-electron chi connectivity index (χ2n) is 4.53. The number of amides is 1. The SMILES string of the molecule is CCN(CC)C(=O)C(C)NC(C)c1ccccc1. The lowest BCUT2D eigenvalue weighted by molar-refractivity contribution is -0.132. The van der Waals surface area contributed by atoms with Crippen molar-refractivity contribution in [1.29, 1.82) is 0 Å². The first kappa shape index (κ1) is 14.7. The number of nitrogens with zero attached hydrogens (tertiary/aromatic N) is 1. The first-order valence-corrected chi connectivity index (χ1v) is 6.69. The fourth-order valence-corrected chi connectivity index (χ4v) is 2.09. The number of carbonyl (C=O) groups is 1. The van der Waals surface area contributed by atoms with Gasteiger partial charge in [0.05, 0.1) is 6.04 Å². The first-order valence-electron chi connectivity index (χ1n) is 6.69. The van der Waals surface area contributed by atoms with Crippen LogP contribution < -0.4 is 5.32 Å². The van der Waals surface area contributed by atoms with Crippen molar-refractivity contribution in [2.45, 2.75) is 39.8 Å². The van der Waals surface area contributed by atoms with Crippen molar-refractivity contribution in [3.8, 4) is 0 Å². The summed E-state index contributed by atoms with van der Waals surface area (Å²) in [6, 6.07) is 10.2. The molecule has 1 aromatic carbocycles. The molecule has 0 heterocycles. The molecule has 0 radical (unpaired) electrons. The van der Waals surface area contributed by atoms with E-state index in [1.807, 2.05) is 43.9 Å². The van der Waals surface area contributed by atoms with E-state index in [1.165, 1.54) is 5.56 Å². The third kappa shape index (κ3) is 3.84. The van der Waals surface area contributed by atoms with Crippen LogP contribution in [0.25, 0.3) is 0 Å². The highest BCUT2D eigenvalue weighted by Gasteiger charge is 2.19. The van der Waals surface area contributed by atoms with Crippen LogP contribution in [-0.2, 0) is 4.79 Å². The number of carbonyl (C=O) groups excluding carboxylic acids is 1. The van der Waals surface area contributed by atoms with Gasteiger partial charge in [-0.05, 0) is 33.3 Å². The standard InChI is InChI=1S/C15H24N2O/c1-5-17(6-2)15(18)13(4)16-12(3)14-10-8-7-9-11-14/h7-13,16H,5-6H2,1-4H3. The summed E-state index contributed by atoms with van der Waals surface area (Å²) in [6.07, 6.45) is 0. The Morgan fingerprint density at radius 3 is 2.22 bits per heavy atom. The van der Waals surface area contributed by atoms with Gasteiger partial charge in [0.2, 0.25) is 5.91 Å². The molecule has 3 heteroatoms. The normalized spacial score (nSPS) is 14.0. The van der Waals surface area contributed by atoms with Crippen LogP contribution in [-0.4, -0.2) is 29.9 Å². The smallest absolute Gasteiger partial charge is 0.239 e. The molecule has 1 amide bonds. The summed E-state index contributed by atoms with van der Waals surface area (Å²) in [6.45, 7) is 9.56. The molecule has 0 bridgehead atoms. The van der Waals surface area contributed by atoms with Gasteiger partial charge in [-0.15, -0.1) is 0 Å². The molecule has 1 rings (SSSR count). The Morgan fingerprint density at radius 1 is 1.17 bits per heavy atom. The van der Waals surface area contributed by atoms with E-state index in [4.69, 9.17) is 0 Å². The van der Waals surface area contributed by atoms with Gasteiger partial charge in [-0.3, -0.25) is 10.1 Å². The second-order valence-corrected chi connectivity index (χ2v) is 4.53. The minimum Gasteiger partial charge on any atom is -0.342 e. The molecule has 3 nitrogen and oxygen atoms in total. The van der Waals surface area contributed by atoms with Gasteiger partial charge in [-0.1, -0.05) is 30.3 Å². The third-order valence-corrected chi connectivity index (χ3v) is 3.25. The highest BCUT2D eigenvalue weighted by Crippen LogP contribution is 2.12. The van der Waals surface area contributed by atoms with Crippen LogP contribution in [0, 0.1) is 0 Å². The van der Waals surface area contributed by atoms with Crippen LogP contribution in [0.4, 0.5) is 0 Å². The third-order valence-electron chi connectivity index (χ3n) is 3.25. The van der Waals surface area contributed by atoms with Gasteiger partial charge in [-0.2, -0.15) is 0 Å². The molecule has 100 valence electrons. The quantitative estimate of drug-likeness (QED) is 0.839. The van der Waals surface area contributed by atoms with Gasteiger partial charge >= 0.3 is 0 Å². The molecule has 1 aromatic rings. The van der Waals surface area contributed by atoms with E-state index in [9.17, 15) is 4.79 Å². The molecule has 0 saturated carbocycles. The molecule has 1 N–H and O–H groups in total. The highest BCUT2D eigenvalue weighted by molar-refractivity contribution is 5.81. The Morgan fingerprint density at radius 2 is 1.72 bits per heavy atom. The van der Waals surface area contributed by atoms with E-state index >= 15 is 0 Å². The van der Waals surface area contributed by atoms with Crippen molar-refractivity contribution < 1.29 is 4.79 Å². The van der Waals surface area contributed by atoms with Crippen LogP contribution in [0.2, 0.25) is 0 Å². The van der Waals surface area contributed by atoms with Gasteiger partial charge in [0.1, 0.15) is 0 Å². The van der Waals surface area contributed by atoms with Crippen LogP contribution in [0.1, 0.15) is 39.3 Å². The number of hydrogen-bond donors (Lipinski definition) is 1. The van der Waals surface area contributed by atoms with E-state index in [1.54, 1.807) is 0 Å². The Balaban J connectivity index is 2.59. The van der Waals surface area contributed by atoms with Gasteiger partial charge in [0.15, 0.2) is 0 Å². The lowest BCUT2D eigenvalue weighted by atomic mass is 10.1. The van der Waals surface area contributed by atoms with E-state index in [2.05, 4.69) is 24.4 Å². The maximum Gasteiger partial charge on any atom is 0.239 e. The van der Waals surface area contributed by atoms with Gasteiger partial charge in [0, 0.05) is 19.1 Å². The number of benzene rings is 1. The Hall–Kier alpha value is -1.35. The second kappa shape index (κ2) is 7.17. The largest absolute Gasteiger partial charge is 0.342 e. The van der Waals surface area contributed by atoms with Gasteiger partial charge < -0.3 is 4.90 Å². The molecule has 0 aliphatic rings. The zero-order valence-corrected chi connectivity index (χ0v) is 11.8. The average molecular weight is 248 g/mol. The molecule has 0 saturated heterocycles. The van der Waals surface area contributed by atoms with Gasteiger partial charge in [-0.25, -0.2) is 0 Å². The Bertz CT molecular complexity index is 360. The van der Waals surface area contributed by atoms with Crippen LogP contribution in [0.15, 0.2) is 30.3 Å². The van der Waals surface area contributed by atoms with Gasteiger partial charge in [0.25, 0.3) is 0 Å². The summed E-state index contributed by atoms with van der Waals surface area (Å²) in [4.78, 5) is 14.0. The predicted octanol–water partition coefficient (Wildman–Crippen LogP) is 2.59. The minimum absolute atomic E-state index is 0.153. The lowest BCUT2D eigenvalue weighted by Crippen LogP contribution is -2.45. The number of rotatable bonds is 6. The number of nitrogens with one attached hydrogen (secondary N) is 1. The summed E-state index contributed by atoms with van der Waals surface area (Å²) in [5, 5.41) is 3.35. The predicted molar refractivity (Wildman–Crippen MR) is 75.4 cm³/mol. The van der Waals surface area contributed by atoms with Crippen molar-refractivity contribution in [3.63, 3.8) is 0 Å². The molecule has 0 spiro atoms. The van der Waals surface area contributed by atoms with E-state index in [-0.39, 0.29) is 18.0 Å². The summed E-state index contributed by atoms with van der Waals surface area (Å²) in [7, 11) is 0. The van der Waals surface area contributed by atoms with E-state index in [0.29, 0.717) is 0 Å². The summed E-state index contributed by atoms with van der Waals surface area (Å²) in [5.41, 5.74) is 1.21. The van der Waals surface area contributed by atoms with Crippen molar-refractivity contribution in [3.05, 3.63) is 35.9 Å². The molecule has 0 aliphatic carbocycles. The maximum absolute atomic E-state index is 12.1. The molecule has 2 unspecified atom stereocenters. The fourth-order valence-electron chi connectivity index (χ4n) is 2.09. The minimum atomic E-state index is -0.153. The lowest BCUT2D eigenvalue weighted by Gasteiger charge is -2.26. The topological polar surface area (TPSA) is 32.3 Å². The molecule has 0 aromatic heterocycles. The first-order chi connectivity index (χ1) is 8.60. The van der Waals surface area contributed by atoms with Crippen LogP contribution in [0.5, 0.6) is 0 Å². The molecule has 18 heavy (non-hydrogen) atoms. The maximum atomic E-state index is 12.1. The number of likely N-dealkylation sites (N-methyl/N-ethyl adjacent to an activating group) is 1. The van der Waals surface area contributed by atoms with Crippen molar-refractivity contribution in [2.24, 2.45) is 0 Å². The van der Waals surface area contributed by atoms with Crippen LogP contribution >= 0.6 is 0 Å². The monoisotopic (exact) mass is 248 g/mol. The van der Waals surface area contributed by atoms with E-state index in [0.717, 1.165) is 13.1 Å². The number of hydrogen-bond acceptors (Lipinski definition) is 2. The van der Waals surface area contributed by atoms with Crippen molar-refractivity contribution >= 4 is 5.91 Å². The average Bonchev–Trinajstić information content (AvgIpc) is 2.40. The van der Waals surface area contributed by atoms with Crippen molar-refractivity contribution in [1.82, 2.24) is 10.2 Å². The molecule has 2 atom stereocenters. The molecule has 0 aliphatic heterocycles. The Labute approximate surface area is 110 Å². The Kier molecular flexibility index (Phi) is 5.86. The van der Waals surface area contributed by atoms with Crippen LogP contribution in [0.3, 0.4) is 0 Å². The molecular weight excluding hydrogens is 224 g/mol. The summed E-state index contributed by atoms with van der Waals surface area (Å²) in [5.74, 6) is 0.169. The molecular formula is C15H24N2O. The summed E-state index contributed by atoms with van der Waals surface area (Å²) < 4.78 is 0. The summed E-state index contributed by atoms with van der Waals surface area (Å²) >= 11 is 0. The zero-order valence-electron chi connectivity index (χ0n) is 11.8.